The monoisotopic (exact) mass is 228 g/mol. The Bertz CT molecular complexity index is 433. The third kappa shape index (κ3) is 1.82. The van der Waals surface area contributed by atoms with Crippen LogP contribution in [0.1, 0.15) is 36.0 Å². The summed E-state index contributed by atoms with van der Waals surface area (Å²) in [7, 11) is 0. The fourth-order valence-electron chi connectivity index (χ4n) is 3.32. The van der Waals surface area contributed by atoms with Gasteiger partial charge in [-0.25, -0.2) is 0 Å². The van der Waals surface area contributed by atoms with Gasteiger partial charge in [-0.05, 0) is 25.7 Å². The van der Waals surface area contributed by atoms with Crippen LogP contribution in [0.5, 0.6) is 0 Å². The maximum absolute atomic E-state index is 12.3. The number of carbonyl (C=O) groups is 2. The van der Waals surface area contributed by atoms with Crippen molar-refractivity contribution in [2.75, 3.05) is 0 Å². The predicted molar refractivity (Wildman–Crippen MR) is 64.7 cm³/mol. The lowest BCUT2D eigenvalue weighted by molar-refractivity contribution is -0.126. The summed E-state index contributed by atoms with van der Waals surface area (Å²) in [6.45, 7) is 0. The second kappa shape index (κ2) is 4.10. The normalized spacial score (nSPS) is 31.5. The summed E-state index contributed by atoms with van der Waals surface area (Å²) in [6, 6.07) is 9.47. The molecule has 0 N–H and O–H groups in total. The Balaban J connectivity index is 1.79. The molecule has 0 radical (unpaired) electrons. The lowest BCUT2D eigenvalue weighted by atomic mass is 9.77. The van der Waals surface area contributed by atoms with Crippen LogP contribution in [0.2, 0.25) is 0 Å². The third-order valence-electron chi connectivity index (χ3n) is 4.24. The molecule has 17 heavy (non-hydrogen) atoms. The minimum Gasteiger partial charge on any atom is -0.299 e. The molecule has 88 valence electrons. The fraction of sp³-hybridized carbons (Fsp3) is 0.467. The second-order valence-electron chi connectivity index (χ2n) is 5.27. The molecule has 2 aliphatic carbocycles. The summed E-state index contributed by atoms with van der Waals surface area (Å²) in [5.74, 6) is 1.07. The zero-order valence-electron chi connectivity index (χ0n) is 9.76. The van der Waals surface area contributed by atoms with Crippen molar-refractivity contribution in [3.63, 3.8) is 0 Å². The summed E-state index contributed by atoms with van der Waals surface area (Å²) in [4.78, 5) is 24.1. The van der Waals surface area contributed by atoms with Crippen molar-refractivity contribution in [2.45, 2.75) is 25.7 Å². The van der Waals surface area contributed by atoms with E-state index >= 15 is 0 Å². The highest BCUT2D eigenvalue weighted by atomic mass is 16.1. The van der Waals surface area contributed by atoms with E-state index in [0.717, 1.165) is 31.2 Å². The number of carbonyl (C=O) groups excluding carboxylic acids is 2. The second-order valence-corrected chi connectivity index (χ2v) is 5.27. The Morgan fingerprint density at radius 3 is 2.18 bits per heavy atom. The quantitative estimate of drug-likeness (QED) is 0.729. The molecule has 0 aromatic heterocycles. The number of hydrogen-bond acceptors (Lipinski definition) is 2. The molecule has 3 rings (SSSR count). The molecule has 0 heterocycles. The topological polar surface area (TPSA) is 34.1 Å². The van der Waals surface area contributed by atoms with Gasteiger partial charge in [0.1, 0.15) is 5.78 Å². The van der Waals surface area contributed by atoms with Crippen LogP contribution >= 0.6 is 0 Å². The lowest BCUT2D eigenvalue weighted by Crippen LogP contribution is -2.30. The molecule has 2 unspecified atom stereocenters. The van der Waals surface area contributed by atoms with Gasteiger partial charge in [0, 0.05) is 23.3 Å². The van der Waals surface area contributed by atoms with Crippen LogP contribution in [0.15, 0.2) is 30.3 Å². The molecule has 2 saturated carbocycles. The molecule has 2 aliphatic rings. The van der Waals surface area contributed by atoms with E-state index in [0.29, 0.717) is 5.78 Å². The van der Waals surface area contributed by atoms with Crippen LogP contribution in [0.3, 0.4) is 0 Å². The molecule has 2 heteroatoms. The molecule has 0 amide bonds. The van der Waals surface area contributed by atoms with Crippen molar-refractivity contribution in [3.05, 3.63) is 35.9 Å². The molecule has 2 fully saturated rings. The minimum absolute atomic E-state index is 0.0765. The third-order valence-corrected chi connectivity index (χ3v) is 4.24. The maximum Gasteiger partial charge on any atom is 0.165 e. The zero-order valence-corrected chi connectivity index (χ0v) is 9.76. The van der Waals surface area contributed by atoms with E-state index in [9.17, 15) is 9.59 Å². The van der Waals surface area contributed by atoms with Gasteiger partial charge in [0.25, 0.3) is 0 Å². The van der Waals surface area contributed by atoms with Gasteiger partial charge in [-0.2, -0.15) is 0 Å². The first-order valence-corrected chi connectivity index (χ1v) is 6.38. The van der Waals surface area contributed by atoms with Gasteiger partial charge in [0.15, 0.2) is 5.78 Å². The average molecular weight is 228 g/mol. The van der Waals surface area contributed by atoms with Gasteiger partial charge in [0.05, 0.1) is 0 Å². The molecular weight excluding hydrogens is 212 g/mol. The summed E-state index contributed by atoms with van der Waals surface area (Å²) < 4.78 is 0. The molecule has 0 aliphatic heterocycles. The highest BCUT2D eigenvalue weighted by Crippen LogP contribution is 2.42. The molecule has 2 bridgehead atoms. The van der Waals surface area contributed by atoms with Crippen LogP contribution in [0.4, 0.5) is 0 Å². The van der Waals surface area contributed by atoms with Crippen LogP contribution in [-0.2, 0) is 4.79 Å². The predicted octanol–water partition coefficient (Wildman–Crippen LogP) is 2.87. The Hall–Kier alpha value is -1.44. The largest absolute Gasteiger partial charge is 0.299 e. The Morgan fingerprint density at radius 1 is 1.00 bits per heavy atom. The van der Waals surface area contributed by atoms with Crippen molar-refractivity contribution in [1.82, 2.24) is 0 Å². The Kier molecular flexibility index (Phi) is 2.58. The number of benzene rings is 1. The van der Waals surface area contributed by atoms with E-state index in [-0.39, 0.29) is 23.5 Å². The van der Waals surface area contributed by atoms with Gasteiger partial charge in [-0.15, -0.1) is 0 Å². The van der Waals surface area contributed by atoms with E-state index in [1.807, 2.05) is 30.3 Å². The van der Waals surface area contributed by atoms with Crippen molar-refractivity contribution in [1.29, 1.82) is 0 Å². The summed E-state index contributed by atoms with van der Waals surface area (Å²) >= 11 is 0. The number of fused-ring (bicyclic) bond motifs is 2. The van der Waals surface area contributed by atoms with Gasteiger partial charge in [-0.1, -0.05) is 30.3 Å². The van der Waals surface area contributed by atoms with E-state index in [4.69, 9.17) is 0 Å². The molecule has 1 aromatic carbocycles. The first-order valence-electron chi connectivity index (χ1n) is 6.38. The van der Waals surface area contributed by atoms with Crippen molar-refractivity contribution >= 4 is 11.6 Å². The highest BCUT2D eigenvalue weighted by molar-refractivity contribution is 5.99. The van der Waals surface area contributed by atoms with Crippen LogP contribution in [0, 0.1) is 17.8 Å². The number of Topliss-reactive ketones (excluding diaryl/α,β-unsaturated/α-hetero) is 2. The van der Waals surface area contributed by atoms with Crippen molar-refractivity contribution in [2.24, 2.45) is 17.8 Å². The Morgan fingerprint density at radius 2 is 1.59 bits per heavy atom. The minimum atomic E-state index is 0.0765. The van der Waals surface area contributed by atoms with Gasteiger partial charge in [0.2, 0.25) is 0 Å². The van der Waals surface area contributed by atoms with Gasteiger partial charge < -0.3 is 0 Å². The lowest BCUT2D eigenvalue weighted by Gasteiger charge is -2.25. The smallest absolute Gasteiger partial charge is 0.165 e. The van der Waals surface area contributed by atoms with E-state index in [2.05, 4.69) is 0 Å². The van der Waals surface area contributed by atoms with Crippen LogP contribution in [-0.4, -0.2) is 11.6 Å². The first kappa shape index (κ1) is 10.7. The van der Waals surface area contributed by atoms with E-state index in [1.165, 1.54) is 0 Å². The van der Waals surface area contributed by atoms with E-state index in [1.54, 1.807) is 0 Å². The fourth-order valence-corrected chi connectivity index (χ4v) is 3.32. The summed E-state index contributed by atoms with van der Waals surface area (Å²) in [5.41, 5.74) is 0.797. The average Bonchev–Trinajstić information content (AvgIpc) is 2.61. The number of rotatable bonds is 2. The summed E-state index contributed by atoms with van der Waals surface area (Å²) in [6.07, 6.45) is 3.57. The Labute approximate surface area is 101 Å². The first-order chi connectivity index (χ1) is 8.25. The van der Waals surface area contributed by atoms with E-state index < -0.39 is 0 Å². The van der Waals surface area contributed by atoms with Crippen LogP contribution < -0.4 is 0 Å². The number of ketones is 2. The zero-order chi connectivity index (χ0) is 11.8. The SMILES string of the molecule is O=C(c1ccccc1)C1CC2CC[C@@H](C1)C2=O. The van der Waals surface area contributed by atoms with Gasteiger partial charge >= 0.3 is 0 Å². The number of hydrogen-bond donors (Lipinski definition) is 0. The molecular formula is C15H16O2. The molecule has 2 nitrogen and oxygen atoms in total. The van der Waals surface area contributed by atoms with Crippen molar-refractivity contribution in [3.8, 4) is 0 Å². The van der Waals surface area contributed by atoms with Crippen molar-refractivity contribution < 1.29 is 9.59 Å². The maximum atomic E-state index is 12.3. The molecule has 0 spiro atoms. The highest BCUT2D eigenvalue weighted by Gasteiger charge is 2.43. The van der Waals surface area contributed by atoms with Crippen LogP contribution in [0.25, 0.3) is 0 Å². The standard InChI is InChI=1S/C15H16O2/c16-14(10-4-2-1-3-5-10)13-8-11-6-7-12(9-13)15(11)17/h1-5,11-13H,6-9H2/t11-,12?,13?/m0/s1. The molecule has 0 saturated heterocycles. The molecule has 3 atom stereocenters. The summed E-state index contributed by atoms with van der Waals surface area (Å²) in [5, 5.41) is 0. The van der Waals surface area contributed by atoms with Gasteiger partial charge in [-0.3, -0.25) is 9.59 Å². The molecule has 1 aromatic rings.